The van der Waals surface area contributed by atoms with Crippen LogP contribution >= 0.6 is 0 Å². The highest BCUT2D eigenvalue weighted by Gasteiger charge is 2.26. The summed E-state index contributed by atoms with van der Waals surface area (Å²) in [5, 5.41) is 12.0. The van der Waals surface area contributed by atoms with E-state index in [-0.39, 0.29) is 18.4 Å². The first-order chi connectivity index (χ1) is 11.6. The van der Waals surface area contributed by atoms with Crippen molar-refractivity contribution in [3.05, 3.63) is 35.4 Å². The minimum atomic E-state index is -0.771. The number of piperidine rings is 1. The molecular weight excluding hydrogens is 308 g/mol. The van der Waals surface area contributed by atoms with Crippen molar-refractivity contribution in [3.8, 4) is 0 Å². The van der Waals surface area contributed by atoms with Crippen LogP contribution in [0, 0.1) is 5.92 Å². The Morgan fingerprint density at radius 1 is 1.29 bits per heavy atom. The first-order valence-electron chi connectivity index (χ1n) is 8.46. The van der Waals surface area contributed by atoms with Gasteiger partial charge in [-0.3, -0.25) is 14.5 Å². The molecule has 1 atom stereocenters. The molecule has 1 saturated heterocycles. The number of aliphatic carboxylic acids is 1. The monoisotopic (exact) mass is 334 g/mol. The number of carbonyl (C=O) groups excluding carboxylic acids is 1. The molecule has 0 aromatic heterocycles. The van der Waals surface area contributed by atoms with Gasteiger partial charge in [-0.1, -0.05) is 24.3 Å². The van der Waals surface area contributed by atoms with E-state index in [0.29, 0.717) is 32.7 Å². The normalized spacial score (nSPS) is 18.3. The number of carboxylic acids is 1. The third-order valence-corrected chi connectivity index (χ3v) is 4.21. The van der Waals surface area contributed by atoms with E-state index in [1.807, 2.05) is 36.1 Å². The standard InChI is InChI=1S/C18H26N2O4/c1-2-24-13-15-7-5-14(6-8-15)10-19-17(21)12-20-9-3-4-16(11-20)18(22)23/h5-8,16H,2-4,9-13H2,1H3,(H,19,21)(H,22,23). The molecule has 6 nitrogen and oxygen atoms in total. The molecule has 1 aromatic carbocycles. The molecule has 0 aliphatic carbocycles. The van der Waals surface area contributed by atoms with Gasteiger partial charge < -0.3 is 15.2 Å². The number of carboxylic acid groups (broad SMARTS) is 1. The Hall–Kier alpha value is -1.92. The van der Waals surface area contributed by atoms with Crippen molar-refractivity contribution < 1.29 is 19.4 Å². The first kappa shape index (κ1) is 18.4. The highest BCUT2D eigenvalue weighted by Crippen LogP contribution is 2.16. The van der Waals surface area contributed by atoms with Crippen LogP contribution in [0.1, 0.15) is 30.9 Å². The van der Waals surface area contributed by atoms with Crippen molar-refractivity contribution in [2.45, 2.75) is 32.9 Å². The quantitative estimate of drug-likeness (QED) is 0.755. The fourth-order valence-electron chi connectivity index (χ4n) is 2.83. The van der Waals surface area contributed by atoms with Crippen molar-refractivity contribution in [2.24, 2.45) is 5.92 Å². The molecule has 1 aromatic rings. The van der Waals surface area contributed by atoms with Crippen molar-refractivity contribution in [3.63, 3.8) is 0 Å². The van der Waals surface area contributed by atoms with Crippen LogP contribution in [0.5, 0.6) is 0 Å². The number of hydrogen-bond acceptors (Lipinski definition) is 4. The molecule has 1 aliphatic heterocycles. The van der Waals surface area contributed by atoms with Gasteiger partial charge >= 0.3 is 5.97 Å². The predicted octanol–water partition coefficient (Wildman–Crippen LogP) is 1.64. The number of likely N-dealkylation sites (tertiary alicyclic amines) is 1. The van der Waals surface area contributed by atoms with E-state index in [0.717, 1.165) is 24.1 Å². The van der Waals surface area contributed by atoms with E-state index in [1.165, 1.54) is 0 Å². The van der Waals surface area contributed by atoms with E-state index in [2.05, 4.69) is 5.32 Å². The van der Waals surface area contributed by atoms with Crippen LogP contribution in [0.15, 0.2) is 24.3 Å². The maximum absolute atomic E-state index is 12.0. The zero-order valence-corrected chi connectivity index (χ0v) is 14.2. The lowest BCUT2D eigenvalue weighted by molar-refractivity contribution is -0.144. The van der Waals surface area contributed by atoms with Gasteiger partial charge in [-0.25, -0.2) is 0 Å². The maximum Gasteiger partial charge on any atom is 0.307 e. The van der Waals surface area contributed by atoms with Crippen LogP contribution in [0.4, 0.5) is 0 Å². The molecule has 1 unspecified atom stereocenters. The van der Waals surface area contributed by atoms with Crippen LogP contribution in [0.25, 0.3) is 0 Å². The summed E-state index contributed by atoms with van der Waals surface area (Å²) >= 11 is 0. The van der Waals surface area contributed by atoms with Gasteiger partial charge in [0.05, 0.1) is 19.1 Å². The van der Waals surface area contributed by atoms with Gasteiger partial charge in [0, 0.05) is 19.7 Å². The van der Waals surface area contributed by atoms with E-state index in [4.69, 9.17) is 9.84 Å². The molecule has 0 bridgehead atoms. The lowest BCUT2D eigenvalue weighted by Crippen LogP contribution is -2.44. The molecule has 1 fully saturated rings. The summed E-state index contributed by atoms with van der Waals surface area (Å²) < 4.78 is 5.35. The Morgan fingerprint density at radius 2 is 2.00 bits per heavy atom. The van der Waals surface area contributed by atoms with Gasteiger partial charge in [-0.2, -0.15) is 0 Å². The third-order valence-electron chi connectivity index (χ3n) is 4.21. The van der Waals surface area contributed by atoms with Crippen molar-refractivity contribution >= 4 is 11.9 Å². The van der Waals surface area contributed by atoms with Crippen LogP contribution in [0.2, 0.25) is 0 Å². The number of nitrogens with zero attached hydrogens (tertiary/aromatic N) is 1. The van der Waals surface area contributed by atoms with Gasteiger partial charge in [0.2, 0.25) is 5.91 Å². The topological polar surface area (TPSA) is 78.9 Å². The van der Waals surface area contributed by atoms with Crippen molar-refractivity contribution in [1.82, 2.24) is 10.2 Å². The zero-order chi connectivity index (χ0) is 17.4. The summed E-state index contributed by atoms with van der Waals surface area (Å²) in [6.45, 7) is 5.22. The third kappa shape index (κ3) is 5.94. The summed E-state index contributed by atoms with van der Waals surface area (Å²) in [5.74, 6) is -1.20. The summed E-state index contributed by atoms with van der Waals surface area (Å²) in [7, 11) is 0. The van der Waals surface area contributed by atoms with E-state index >= 15 is 0 Å². The average molecular weight is 334 g/mol. The first-order valence-corrected chi connectivity index (χ1v) is 8.46. The summed E-state index contributed by atoms with van der Waals surface area (Å²) in [6.07, 6.45) is 1.52. The summed E-state index contributed by atoms with van der Waals surface area (Å²) in [6, 6.07) is 7.96. The van der Waals surface area contributed by atoms with Crippen LogP contribution in [-0.4, -0.2) is 48.1 Å². The van der Waals surface area contributed by atoms with E-state index < -0.39 is 5.97 Å². The maximum atomic E-state index is 12.0. The van der Waals surface area contributed by atoms with Crippen LogP contribution in [-0.2, 0) is 27.5 Å². The molecule has 1 heterocycles. The Labute approximate surface area is 142 Å². The van der Waals surface area contributed by atoms with Gasteiger partial charge in [-0.15, -0.1) is 0 Å². The second kappa shape index (κ2) is 9.39. The molecular formula is C18H26N2O4. The molecule has 1 aliphatic rings. The van der Waals surface area contributed by atoms with Gasteiger partial charge in [0.15, 0.2) is 0 Å². The number of hydrogen-bond donors (Lipinski definition) is 2. The smallest absolute Gasteiger partial charge is 0.307 e. The van der Waals surface area contributed by atoms with Crippen LogP contribution < -0.4 is 5.32 Å². The number of benzene rings is 1. The highest BCUT2D eigenvalue weighted by atomic mass is 16.5. The Morgan fingerprint density at radius 3 is 2.67 bits per heavy atom. The predicted molar refractivity (Wildman–Crippen MR) is 90.4 cm³/mol. The largest absolute Gasteiger partial charge is 0.481 e. The fourth-order valence-corrected chi connectivity index (χ4v) is 2.83. The second-order valence-corrected chi connectivity index (χ2v) is 6.14. The summed E-state index contributed by atoms with van der Waals surface area (Å²) in [4.78, 5) is 25.0. The second-order valence-electron chi connectivity index (χ2n) is 6.14. The number of rotatable bonds is 8. The van der Waals surface area contributed by atoms with Gasteiger partial charge in [0.1, 0.15) is 0 Å². The van der Waals surface area contributed by atoms with Crippen LogP contribution in [0.3, 0.4) is 0 Å². The molecule has 6 heteroatoms. The minimum absolute atomic E-state index is 0.0700. The number of amides is 1. The molecule has 0 radical (unpaired) electrons. The van der Waals surface area contributed by atoms with Crippen molar-refractivity contribution in [2.75, 3.05) is 26.2 Å². The molecule has 2 rings (SSSR count). The van der Waals surface area contributed by atoms with Crippen molar-refractivity contribution in [1.29, 1.82) is 0 Å². The Bertz CT molecular complexity index is 544. The molecule has 2 N–H and O–H groups in total. The number of nitrogens with one attached hydrogen (secondary N) is 1. The molecule has 24 heavy (non-hydrogen) atoms. The SMILES string of the molecule is CCOCc1ccc(CNC(=O)CN2CCCC(C(=O)O)C2)cc1. The van der Waals surface area contributed by atoms with E-state index in [9.17, 15) is 9.59 Å². The lowest BCUT2D eigenvalue weighted by atomic mass is 9.98. The average Bonchev–Trinajstić information content (AvgIpc) is 2.59. The highest BCUT2D eigenvalue weighted by molar-refractivity contribution is 5.78. The molecule has 1 amide bonds. The minimum Gasteiger partial charge on any atom is -0.481 e. The summed E-state index contributed by atoms with van der Waals surface area (Å²) in [5.41, 5.74) is 2.14. The van der Waals surface area contributed by atoms with E-state index in [1.54, 1.807) is 0 Å². The Kier molecular flexibility index (Phi) is 7.21. The fraction of sp³-hybridized carbons (Fsp3) is 0.556. The zero-order valence-electron chi connectivity index (χ0n) is 14.2. The lowest BCUT2D eigenvalue weighted by Gasteiger charge is -2.29. The van der Waals surface area contributed by atoms with Gasteiger partial charge in [-0.05, 0) is 37.4 Å². The molecule has 0 spiro atoms. The Balaban J connectivity index is 1.73. The molecule has 0 saturated carbocycles. The van der Waals surface area contributed by atoms with Gasteiger partial charge in [0.25, 0.3) is 0 Å². The number of carbonyl (C=O) groups is 2. The number of ether oxygens (including phenoxy) is 1. The molecule has 132 valence electrons.